The van der Waals surface area contributed by atoms with Crippen molar-refractivity contribution in [2.75, 3.05) is 6.61 Å². The monoisotopic (exact) mass is 275 g/mol. The van der Waals surface area contributed by atoms with Gasteiger partial charge >= 0.3 is 0 Å². The average molecular weight is 275 g/mol. The third-order valence-corrected chi connectivity index (χ3v) is 3.47. The molecule has 3 nitrogen and oxygen atoms in total. The number of hydrogen-bond donors (Lipinski definition) is 0. The summed E-state index contributed by atoms with van der Waals surface area (Å²) in [5.41, 5.74) is 1.45. The molecule has 2 aromatic rings. The summed E-state index contributed by atoms with van der Waals surface area (Å²) in [5, 5.41) is 10.7. The van der Waals surface area contributed by atoms with E-state index in [0.29, 0.717) is 40.2 Å². The van der Waals surface area contributed by atoms with Gasteiger partial charge in [-0.15, -0.1) is 11.3 Å². The molecule has 2 rings (SSSR count). The molecule has 0 amide bonds. The van der Waals surface area contributed by atoms with Crippen LogP contribution in [0.25, 0.3) is 11.1 Å². The Kier molecular flexibility index (Phi) is 3.93. The molecule has 1 heterocycles. The number of hydrogen-bond acceptors (Lipinski definition) is 4. The van der Waals surface area contributed by atoms with Gasteiger partial charge < -0.3 is 4.74 Å². The van der Waals surface area contributed by atoms with Gasteiger partial charge in [0.05, 0.1) is 17.0 Å². The summed E-state index contributed by atoms with van der Waals surface area (Å²) < 4.78 is 18.6. The van der Waals surface area contributed by atoms with E-state index in [9.17, 15) is 9.18 Å². The van der Waals surface area contributed by atoms with Crippen LogP contribution >= 0.6 is 11.3 Å². The molecule has 0 N–H and O–H groups in total. The fourth-order valence-corrected chi connectivity index (χ4v) is 2.61. The van der Waals surface area contributed by atoms with Crippen molar-refractivity contribution in [3.8, 4) is 22.9 Å². The van der Waals surface area contributed by atoms with Crippen molar-refractivity contribution < 1.29 is 13.9 Å². The summed E-state index contributed by atoms with van der Waals surface area (Å²) in [5.74, 6) is -0.0888. The molecule has 96 valence electrons. The Morgan fingerprint density at radius 1 is 1.53 bits per heavy atom. The predicted octanol–water partition coefficient (Wildman–Crippen LogP) is 3.64. The second-order valence-corrected chi connectivity index (χ2v) is 4.60. The molecule has 0 aliphatic rings. The van der Waals surface area contributed by atoms with E-state index in [0.717, 1.165) is 0 Å². The number of carbonyl (C=O) groups is 1. The van der Waals surface area contributed by atoms with Crippen LogP contribution in [-0.2, 0) is 0 Å². The van der Waals surface area contributed by atoms with Crippen LogP contribution in [0.1, 0.15) is 22.2 Å². The lowest BCUT2D eigenvalue weighted by Crippen LogP contribution is -1.96. The number of thiophene rings is 1. The molecule has 0 radical (unpaired) electrons. The second kappa shape index (κ2) is 5.63. The number of ether oxygens (including phenoxy) is 1. The Hall–Kier alpha value is -2.19. The van der Waals surface area contributed by atoms with E-state index in [4.69, 9.17) is 10.00 Å². The summed E-state index contributed by atoms with van der Waals surface area (Å²) in [4.78, 5) is 11.5. The van der Waals surface area contributed by atoms with Crippen LogP contribution in [0.4, 0.5) is 4.39 Å². The van der Waals surface area contributed by atoms with E-state index in [-0.39, 0.29) is 0 Å². The van der Waals surface area contributed by atoms with E-state index in [1.165, 1.54) is 29.5 Å². The molecule has 0 bridgehead atoms. The quantitative estimate of drug-likeness (QED) is 0.800. The maximum Gasteiger partial charge on any atom is 0.160 e. The minimum absolute atomic E-state index is 0.334. The Labute approximate surface area is 113 Å². The highest BCUT2D eigenvalue weighted by atomic mass is 32.1. The van der Waals surface area contributed by atoms with Crippen molar-refractivity contribution in [1.29, 1.82) is 5.26 Å². The van der Waals surface area contributed by atoms with Crippen molar-refractivity contribution >= 4 is 17.6 Å². The summed E-state index contributed by atoms with van der Waals surface area (Å²) in [6, 6.07) is 6.10. The second-order valence-electron chi connectivity index (χ2n) is 3.69. The highest BCUT2D eigenvalue weighted by Gasteiger charge is 2.17. The molecule has 0 fully saturated rings. The molecular weight excluding hydrogens is 265 g/mol. The van der Waals surface area contributed by atoms with Gasteiger partial charge in [0.25, 0.3) is 0 Å². The van der Waals surface area contributed by atoms with Crippen LogP contribution in [0.5, 0.6) is 5.75 Å². The Morgan fingerprint density at radius 3 is 2.95 bits per heavy atom. The van der Waals surface area contributed by atoms with Crippen molar-refractivity contribution in [3.05, 3.63) is 39.8 Å². The first-order chi connectivity index (χ1) is 9.21. The number of rotatable bonds is 4. The molecule has 0 saturated heterocycles. The number of aldehydes is 1. The SMILES string of the molecule is CCOc1cc(F)ccc1-c1c(C#N)csc1C=O. The van der Waals surface area contributed by atoms with Crippen LogP contribution in [0.2, 0.25) is 0 Å². The van der Waals surface area contributed by atoms with Gasteiger partial charge in [0.1, 0.15) is 17.6 Å². The third-order valence-electron chi connectivity index (χ3n) is 2.56. The topological polar surface area (TPSA) is 50.1 Å². The lowest BCUT2D eigenvalue weighted by Gasteiger charge is -2.10. The fraction of sp³-hybridized carbons (Fsp3) is 0.143. The first kappa shape index (κ1) is 13.2. The third kappa shape index (κ3) is 2.49. The molecule has 0 saturated carbocycles. The van der Waals surface area contributed by atoms with Gasteiger partial charge in [-0.1, -0.05) is 0 Å². The summed E-state index contributed by atoms with van der Waals surface area (Å²) >= 11 is 1.19. The van der Waals surface area contributed by atoms with Crippen LogP contribution in [0.15, 0.2) is 23.6 Å². The molecule has 1 aromatic carbocycles. The molecular formula is C14H10FNO2S. The van der Waals surface area contributed by atoms with E-state index >= 15 is 0 Å². The zero-order valence-electron chi connectivity index (χ0n) is 10.1. The number of benzene rings is 1. The smallest absolute Gasteiger partial charge is 0.160 e. The molecule has 0 aliphatic heterocycles. The fourth-order valence-electron chi connectivity index (χ4n) is 1.80. The highest BCUT2D eigenvalue weighted by molar-refractivity contribution is 7.12. The molecule has 5 heteroatoms. The summed E-state index contributed by atoms with van der Waals surface area (Å²) in [6.45, 7) is 2.16. The maximum absolute atomic E-state index is 13.3. The van der Waals surface area contributed by atoms with Crippen LogP contribution in [-0.4, -0.2) is 12.9 Å². The molecule has 0 aliphatic carbocycles. The van der Waals surface area contributed by atoms with Gasteiger partial charge in [0.15, 0.2) is 6.29 Å². The summed E-state index contributed by atoms with van der Waals surface area (Å²) in [6.07, 6.45) is 0.694. The molecule has 0 unspecified atom stereocenters. The van der Waals surface area contributed by atoms with E-state index in [1.807, 2.05) is 6.07 Å². The number of carbonyl (C=O) groups excluding carboxylic acids is 1. The lowest BCUT2D eigenvalue weighted by molar-refractivity contribution is 0.112. The minimum atomic E-state index is -0.423. The predicted molar refractivity (Wildman–Crippen MR) is 71.0 cm³/mol. The van der Waals surface area contributed by atoms with E-state index in [2.05, 4.69) is 0 Å². The van der Waals surface area contributed by atoms with Gasteiger partial charge in [-0.05, 0) is 19.1 Å². The Bertz CT molecular complexity index is 658. The molecule has 0 atom stereocenters. The first-order valence-electron chi connectivity index (χ1n) is 5.60. The van der Waals surface area contributed by atoms with E-state index in [1.54, 1.807) is 12.3 Å². The van der Waals surface area contributed by atoms with Gasteiger partial charge in [-0.2, -0.15) is 5.26 Å². The largest absolute Gasteiger partial charge is 0.493 e. The average Bonchev–Trinajstić information content (AvgIpc) is 2.82. The lowest BCUT2D eigenvalue weighted by atomic mass is 10.0. The van der Waals surface area contributed by atoms with Crippen molar-refractivity contribution in [3.63, 3.8) is 0 Å². The van der Waals surface area contributed by atoms with Gasteiger partial charge in [-0.25, -0.2) is 4.39 Å². The molecule has 19 heavy (non-hydrogen) atoms. The first-order valence-corrected chi connectivity index (χ1v) is 6.48. The van der Waals surface area contributed by atoms with Crippen molar-refractivity contribution in [1.82, 2.24) is 0 Å². The Morgan fingerprint density at radius 2 is 2.32 bits per heavy atom. The number of nitriles is 1. The van der Waals surface area contributed by atoms with Crippen LogP contribution in [0, 0.1) is 17.1 Å². The Balaban J connectivity index is 2.68. The zero-order chi connectivity index (χ0) is 13.8. The van der Waals surface area contributed by atoms with Crippen LogP contribution in [0.3, 0.4) is 0 Å². The van der Waals surface area contributed by atoms with E-state index < -0.39 is 5.82 Å². The standard InChI is InChI=1S/C14H10FNO2S/c1-2-18-12-5-10(15)3-4-11(12)14-9(6-16)8-19-13(14)7-17/h3-5,7-8H,2H2,1H3. The molecule has 0 spiro atoms. The van der Waals surface area contributed by atoms with Crippen LogP contribution < -0.4 is 4.74 Å². The van der Waals surface area contributed by atoms with Gasteiger partial charge in [0.2, 0.25) is 0 Å². The van der Waals surface area contributed by atoms with Crippen molar-refractivity contribution in [2.45, 2.75) is 6.92 Å². The number of halogens is 1. The normalized spacial score (nSPS) is 9.95. The highest BCUT2D eigenvalue weighted by Crippen LogP contribution is 2.37. The van der Waals surface area contributed by atoms with Crippen molar-refractivity contribution in [2.24, 2.45) is 0 Å². The minimum Gasteiger partial charge on any atom is -0.493 e. The summed E-state index contributed by atoms with van der Waals surface area (Å²) in [7, 11) is 0. The maximum atomic E-state index is 13.3. The zero-order valence-corrected chi connectivity index (χ0v) is 11.0. The van der Waals surface area contributed by atoms with Gasteiger partial charge in [0, 0.05) is 22.6 Å². The molecule has 1 aromatic heterocycles. The van der Waals surface area contributed by atoms with Gasteiger partial charge in [-0.3, -0.25) is 4.79 Å². The number of nitrogens with zero attached hydrogens (tertiary/aromatic N) is 1.